The lowest BCUT2D eigenvalue weighted by atomic mass is 10.1. The molecule has 1 aliphatic heterocycles. The standard InChI is InChI=1S/C20H13NS3/c1-3-17(22-9-1)13-5-7-15-19(11-13)24-20-12-14(6-8-16(20)21-15)18-4-2-10-23-18/h1-12,21H. The minimum Gasteiger partial charge on any atom is -0.354 e. The van der Waals surface area contributed by atoms with Crippen LogP contribution in [0.15, 0.2) is 81.2 Å². The first-order chi connectivity index (χ1) is 11.9. The lowest BCUT2D eigenvalue weighted by Gasteiger charge is -2.22. The zero-order chi connectivity index (χ0) is 15.9. The van der Waals surface area contributed by atoms with Crippen molar-refractivity contribution in [1.82, 2.24) is 0 Å². The summed E-state index contributed by atoms with van der Waals surface area (Å²) in [5.41, 5.74) is 4.96. The molecule has 0 bridgehead atoms. The molecule has 1 aliphatic rings. The molecule has 2 aromatic heterocycles. The molecule has 0 amide bonds. The number of rotatable bonds is 2. The SMILES string of the molecule is c1csc(-c2ccc3c(c2)Sc2cc(-c4cccs4)ccc2N3)c1. The highest BCUT2D eigenvalue weighted by atomic mass is 32.2. The minimum atomic E-state index is 1.19. The van der Waals surface area contributed by atoms with E-state index < -0.39 is 0 Å². The van der Waals surface area contributed by atoms with E-state index in [2.05, 4.69) is 76.7 Å². The van der Waals surface area contributed by atoms with Crippen molar-refractivity contribution < 1.29 is 0 Å². The monoisotopic (exact) mass is 363 g/mol. The van der Waals surface area contributed by atoms with E-state index in [0.29, 0.717) is 0 Å². The van der Waals surface area contributed by atoms with E-state index >= 15 is 0 Å². The first-order valence-corrected chi connectivity index (χ1v) is 10.3. The first kappa shape index (κ1) is 14.3. The van der Waals surface area contributed by atoms with E-state index in [0.717, 1.165) is 0 Å². The van der Waals surface area contributed by atoms with E-state index in [1.54, 1.807) is 22.7 Å². The molecule has 0 fully saturated rings. The summed E-state index contributed by atoms with van der Waals surface area (Å²) in [5, 5.41) is 7.83. The van der Waals surface area contributed by atoms with Crippen molar-refractivity contribution in [3.05, 3.63) is 71.4 Å². The van der Waals surface area contributed by atoms with Crippen molar-refractivity contribution in [2.24, 2.45) is 0 Å². The fraction of sp³-hybridized carbons (Fsp3) is 0. The molecule has 24 heavy (non-hydrogen) atoms. The summed E-state index contributed by atoms with van der Waals surface area (Å²) < 4.78 is 0. The molecular weight excluding hydrogens is 350 g/mol. The molecule has 0 unspecified atom stereocenters. The van der Waals surface area contributed by atoms with Crippen LogP contribution in [0.1, 0.15) is 0 Å². The molecule has 116 valence electrons. The molecule has 1 nitrogen and oxygen atoms in total. The molecule has 4 heteroatoms. The van der Waals surface area contributed by atoms with Gasteiger partial charge in [0.2, 0.25) is 0 Å². The topological polar surface area (TPSA) is 12.0 Å². The van der Waals surface area contributed by atoms with Crippen LogP contribution in [0.25, 0.3) is 20.9 Å². The third-order valence-electron chi connectivity index (χ3n) is 4.06. The molecule has 1 N–H and O–H groups in total. The van der Waals surface area contributed by atoms with Crippen LogP contribution >= 0.6 is 34.4 Å². The Kier molecular flexibility index (Phi) is 3.47. The van der Waals surface area contributed by atoms with Gasteiger partial charge in [0, 0.05) is 19.5 Å². The van der Waals surface area contributed by atoms with Crippen molar-refractivity contribution in [3.8, 4) is 20.9 Å². The van der Waals surface area contributed by atoms with E-state index in [1.807, 2.05) is 11.8 Å². The molecule has 0 aliphatic carbocycles. The van der Waals surface area contributed by atoms with Gasteiger partial charge in [0.05, 0.1) is 11.4 Å². The predicted molar refractivity (Wildman–Crippen MR) is 107 cm³/mol. The smallest absolute Gasteiger partial charge is 0.0526 e. The van der Waals surface area contributed by atoms with E-state index in [4.69, 9.17) is 0 Å². The maximum atomic E-state index is 3.57. The highest BCUT2D eigenvalue weighted by molar-refractivity contribution is 7.99. The summed E-state index contributed by atoms with van der Waals surface area (Å²) in [4.78, 5) is 5.21. The Balaban J connectivity index is 1.54. The molecule has 0 spiro atoms. The molecule has 0 atom stereocenters. The maximum absolute atomic E-state index is 3.57. The fourth-order valence-electron chi connectivity index (χ4n) is 2.88. The number of hydrogen-bond donors (Lipinski definition) is 1. The molecule has 0 saturated heterocycles. The minimum absolute atomic E-state index is 1.19. The zero-order valence-corrected chi connectivity index (χ0v) is 15.1. The van der Waals surface area contributed by atoms with Gasteiger partial charge in [-0.05, 0) is 58.3 Å². The third kappa shape index (κ3) is 2.47. The lowest BCUT2D eigenvalue weighted by Crippen LogP contribution is -1.99. The summed E-state index contributed by atoms with van der Waals surface area (Å²) in [6.45, 7) is 0. The average molecular weight is 364 g/mol. The van der Waals surface area contributed by atoms with Crippen LogP contribution < -0.4 is 5.32 Å². The Bertz CT molecular complexity index is 920. The number of hydrogen-bond acceptors (Lipinski definition) is 4. The van der Waals surface area contributed by atoms with Crippen molar-refractivity contribution in [1.29, 1.82) is 0 Å². The quantitative estimate of drug-likeness (QED) is 0.352. The van der Waals surface area contributed by atoms with Gasteiger partial charge in [0.25, 0.3) is 0 Å². The van der Waals surface area contributed by atoms with Crippen LogP contribution in [-0.2, 0) is 0 Å². The average Bonchev–Trinajstić information content (AvgIpc) is 3.32. The summed E-state index contributed by atoms with van der Waals surface area (Å²) in [5.74, 6) is 0. The van der Waals surface area contributed by atoms with Gasteiger partial charge in [-0.3, -0.25) is 0 Å². The molecule has 5 rings (SSSR count). The van der Waals surface area contributed by atoms with Crippen molar-refractivity contribution >= 4 is 45.8 Å². The van der Waals surface area contributed by atoms with E-state index in [-0.39, 0.29) is 0 Å². The Morgan fingerprint density at radius 3 is 1.62 bits per heavy atom. The third-order valence-corrected chi connectivity index (χ3v) is 7.02. The highest BCUT2D eigenvalue weighted by Crippen LogP contribution is 2.47. The van der Waals surface area contributed by atoms with E-state index in [9.17, 15) is 0 Å². The van der Waals surface area contributed by atoms with Gasteiger partial charge in [0.15, 0.2) is 0 Å². The van der Waals surface area contributed by atoms with Crippen molar-refractivity contribution in [3.63, 3.8) is 0 Å². The molecule has 0 saturated carbocycles. The van der Waals surface area contributed by atoms with Crippen LogP contribution in [0.3, 0.4) is 0 Å². The second-order valence-corrected chi connectivity index (χ2v) is 8.58. The number of nitrogens with one attached hydrogen (secondary N) is 1. The number of thiophene rings is 2. The van der Waals surface area contributed by atoms with Gasteiger partial charge < -0.3 is 5.32 Å². The van der Waals surface area contributed by atoms with Crippen LogP contribution in [0.5, 0.6) is 0 Å². The van der Waals surface area contributed by atoms with Crippen LogP contribution in [-0.4, -0.2) is 0 Å². The fourth-order valence-corrected chi connectivity index (χ4v) is 5.39. The number of fused-ring (bicyclic) bond motifs is 2. The van der Waals surface area contributed by atoms with Crippen LogP contribution in [0.2, 0.25) is 0 Å². The second-order valence-electron chi connectivity index (χ2n) is 5.60. The van der Waals surface area contributed by atoms with Crippen molar-refractivity contribution in [2.75, 3.05) is 5.32 Å². The summed E-state index contributed by atoms with van der Waals surface area (Å²) in [7, 11) is 0. The second kappa shape index (κ2) is 5.81. The molecule has 3 heterocycles. The Morgan fingerprint density at radius 1 is 0.625 bits per heavy atom. The van der Waals surface area contributed by atoms with Gasteiger partial charge in [0.1, 0.15) is 0 Å². The molecule has 0 radical (unpaired) electrons. The van der Waals surface area contributed by atoms with Crippen LogP contribution in [0.4, 0.5) is 11.4 Å². The predicted octanol–water partition coefficient (Wildman–Crippen LogP) is 7.35. The summed E-state index contributed by atoms with van der Waals surface area (Å²) in [6, 6.07) is 21.9. The van der Waals surface area contributed by atoms with Gasteiger partial charge in [-0.25, -0.2) is 0 Å². The Morgan fingerprint density at radius 2 is 1.17 bits per heavy atom. The zero-order valence-electron chi connectivity index (χ0n) is 12.7. The maximum Gasteiger partial charge on any atom is 0.0526 e. The summed E-state index contributed by atoms with van der Waals surface area (Å²) >= 11 is 5.42. The van der Waals surface area contributed by atoms with Gasteiger partial charge in [-0.1, -0.05) is 36.0 Å². The Hall–Kier alpha value is -2.01. The van der Waals surface area contributed by atoms with Gasteiger partial charge in [-0.2, -0.15) is 0 Å². The van der Waals surface area contributed by atoms with E-state index in [1.165, 1.54) is 42.0 Å². The number of benzene rings is 2. The van der Waals surface area contributed by atoms with Gasteiger partial charge >= 0.3 is 0 Å². The molecule has 2 aromatic carbocycles. The molecule has 4 aromatic rings. The highest BCUT2D eigenvalue weighted by Gasteiger charge is 2.17. The Labute approximate surface area is 153 Å². The molecular formula is C20H13NS3. The lowest BCUT2D eigenvalue weighted by molar-refractivity contribution is 1.32. The normalized spacial score (nSPS) is 12.3. The van der Waals surface area contributed by atoms with Crippen LogP contribution in [0, 0.1) is 0 Å². The van der Waals surface area contributed by atoms with Crippen molar-refractivity contribution in [2.45, 2.75) is 9.79 Å². The summed E-state index contributed by atoms with van der Waals surface area (Å²) in [6.07, 6.45) is 0. The van der Waals surface area contributed by atoms with Gasteiger partial charge in [-0.15, -0.1) is 22.7 Å². The first-order valence-electron chi connectivity index (χ1n) is 7.67. The largest absolute Gasteiger partial charge is 0.354 e. The number of anilines is 2.